The molecule has 1 saturated carbocycles. The number of hydrogen-bond acceptors (Lipinski definition) is 7. The Morgan fingerprint density at radius 1 is 1.42 bits per heavy atom. The maximum atomic E-state index is 15.2. The lowest BCUT2D eigenvalue weighted by atomic mass is 9.92. The van der Waals surface area contributed by atoms with E-state index in [9.17, 15) is 14.8 Å². The Hall–Kier alpha value is -2.33. The SMILES string of the molecule is Cc1nc(CNC(=O)[C@H](CC2CCCC2)CN(O)C=O)c(F)c(N2CCOC[C@@H]2C)n1. The predicted molar refractivity (Wildman–Crippen MR) is 111 cm³/mol. The number of nitrogens with zero attached hydrogens (tertiary/aromatic N) is 4. The van der Waals surface area contributed by atoms with Gasteiger partial charge in [0.1, 0.15) is 11.5 Å². The Kier molecular flexibility index (Phi) is 8.14. The second-order valence-corrected chi connectivity index (χ2v) is 8.50. The van der Waals surface area contributed by atoms with Gasteiger partial charge in [0.15, 0.2) is 11.6 Å². The van der Waals surface area contributed by atoms with Gasteiger partial charge in [-0.05, 0) is 26.2 Å². The number of aromatic nitrogens is 2. The van der Waals surface area contributed by atoms with E-state index in [1.807, 2.05) is 11.8 Å². The number of halogens is 1. The van der Waals surface area contributed by atoms with Gasteiger partial charge >= 0.3 is 0 Å². The van der Waals surface area contributed by atoms with Crippen LogP contribution in [-0.4, -0.2) is 64.9 Å². The highest BCUT2D eigenvalue weighted by atomic mass is 19.1. The summed E-state index contributed by atoms with van der Waals surface area (Å²) in [6, 6.07) is -0.0188. The number of hydrogen-bond donors (Lipinski definition) is 2. The quantitative estimate of drug-likeness (QED) is 0.345. The van der Waals surface area contributed by atoms with Gasteiger partial charge < -0.3 is 15.0 Å². The van der Waals surface area contributed by atoms with Gasteiger partial charge in [-0.2, -0.15) is 0 Å². The Morgan fingerprint density at radius 2 is 2.16 bits per heavy atom. The minimum atomic E-state index is -0.567. The Bertz CT molecular complexity index is 774. The van der Waals surface area contributed by atoms with E-state index in [4.69, 9.17) is 4.74 Å². The van der Waals surface area contributed by atoms with Crippen LogP contribution in [0.1, 0.15) is 50.5 Å². The average molecular weight is 438 g/mol. The number of carbonyl (C=O) groups is 2. The first-order chi connectivity index (χ1) is 14.9. The van der Waals surface area contributed by atoms with E-state index < -0.39 is 11.7 Å². The van der Waals surface area contributed by atoms with Crippen LogP contribution < -0.4 is 10.2 Å². The molecule has 2 aliphatic rings. The molecule has 0 spiro atoms. The van der Waals surface area contributed by atoms with Gasteiger partial charge in [0.05, 0.1) is 38.3 Å². The number of hydroxylamine groups is 2. The van der Waals surface area contributed by atoms with Crippen molar-refractivity contribution in [3.63, 3.8) is 0 Å². The summed E-state index contributed by atoms with van der Waals surface area (Å²) in [4.78, 5) is 34.0. The smallest absolute Gasteiger partial charge is 0.233 e. The minimum absolute atomic E-state index is 0.0188. The van der Waals surface area contributed by atoms with Crippen LogP contribution in [0, 0.1) is 24.6 Å². The molecule has 1 aromatic heterocycles. The summed E-state index contributed by atoms with van der Waals surface area (Å²) in [6.07, 6.45) is 5.21. The van der Waals surface area contributed by atoms with E-state index in [1.54, 1.807) is 6.92 Å². The lowest BCUT2D eigenvalue weighted by molar-refractivity contribution is -0.155. The molecule has 1 aromatic rings. The number of nitrogens with one attached hydrogen (secondary N) is 1. The molecule has 172 valence electrons. The van der Waals surface area contributed by atoms with Gasteiger partial charge in [-0.1, -0.05) is 25.7 Å². The third-order valence-electron chi connectivity index (χ3n) is 6.08. The van der Waals surface area contributed by atoms with Gasteiger partial charge in [-0.15, -0.1) is 0 Å². The molecule has 9 nitrogen and oxygen atoms in total. The van der Waals surface area contributed by atoms with Gasteiger partial charge in [-0.25, -0.2) is 19.4 Å². The summed E-state index contributed by atoms with van der Waals surface area (Å²) in [6.45, 7) is 4.97. The van der Waals surface area contributed by atoms with Gasteiger partial charge in [0, 0.05) is 6.54 Å². The van der Waals surface area contributed by atoms with Crippen LogP contribution in [-0.2, 0) is 20.9 Å². The number of amides is 2. The highest BCUT2D eigenvalue weighted by molar-refractivity contribution is 5.79. The molecule has 1 saturated heterocycles. The maximum absolute atomic E-state index is 15.2. The van der Waals surface area contributed by atoms with Crippen molar-refractivity contribution < 1.29 is 23.9 Å². The lowest BCUT2D eigenvalue weighted by Gasteiger charge is -2.34. The third kappa shape index (κ3) is 6.10. The van der Waals surface area contributed by atoms with E-state index in [-0.39, 0.29) is 43.0 Å². The summed E-state index contributed by atoms with van der Waals surface area (Å²) in [5, 5.41) is 12.8. The standard InChI is InChI=1S/C21H32FN5O4/c1-14-12-31-8-7-27(14)20-19(22)18(24-15(2)25-20)10-23-21(29)17(11-26(30)13-28)9-16-5-3-4-6-16/h13-14,16-17,30H,3-12H2,1-2H3,(H,23,29)/t14-,17+/m0/s1. The van der Waals surface area contributed by atoms with Crippen molar-refractivity contribution >= 4 is 18.1 Å². The van der Waals surface area contributed by atoms with Crippen molar-refractivity contribution in [1.29, 1.82) is 0 Å². The minimum Gasteiger partial charge on any atom is -0.377 e. The van der Waals surface area contributed by atoms with Crippen LogP contribution in [0.5, 0.6) is 0 Å². The molecule has 2 heterocycles. The first kappa shape index (κ1) is 23.3. The molecule has 2 fully saturated rings. The van der Waals surface area contributed by atoms with E-state index in [0.717, 1.165) is 25.7 Å². The molecule has 0 radical (unpaired) electrons. The summed E-state index contributed by atoms with van der Waals surface area (Å²) in [5.74, 6) is -0.415. The predicted octanol–water partition coefficient (Wildman–Crippen LogP) is 1.81. The van der Waals surface area contributed by atoms with Crippen molar-refractivity contribution in [3.8, 4) is 0 Å². The molecule has 1 aliphatic heterocycles. The molecule has 0 aromatic carbocycles. The number of morpholine rings is 1. The van der Waals surface area contributed by atoms with Gasteiger partial charge in [0.25, 0.3) is 0 Å². The number of aryl methyl sites for hydroxylation is 1. The third-order valence-corrected chi connectivity index (χ3v) is 6.08. The number of carbonyl (C=O) groups excluding carboxylic acids is 2. The summed E-state index contributed by atoms with van der Waals surface area (Å²) >= 11 is 0. The van der Waals surface area contributed by atoms with Gasteiger partial charge in [0.2, 0.25) is 12.3 Å². The summed E-state index contributed by atoms with van der Waals surface area (Å²) in [7, 11) is 0. The Morgan fingerprint density at radius 3 is 2.84 bits per heavy atom. The maximum Gasteiger partial charge on any atom is 0.233 e. The molecular weight excluding hydrogens is 405 g/mol. The summed E-state index contributed by atoms with van der Waals surface area (Å²) < 4.78 is 20.6. The monoisotopic (exact) mass is 437 g/mol. The lowest BCUT2D eigenvalue weighted by Crippen LogP contribution is -2.45. The molecule has 1 aliphatic carbocycles. The zero-order valence-electron chi connectivity index (χ0n) is 18.2. The largest absolute Gasteiger partial charge is 0.377 e. The van der Waals surface area contributed by atoms with Crippen LogP contribution in [0.3, 0.4) is 0 Å². The number of rotatable bonds is 9. The normalized spacial score (nSPS) is 20.5. The Balaban J connectivity index is 1.70. The highest BCUT2D eigenvalue weighted by Gasteiger charge is 2.28. The topological polar surface area (TPSA) is 108 Å². The zero-order chi connectivity index (χ0) is 22.4. The van der Waals surface area contributed by atoms with Crippen molar-refractivity contribution in [3.05, 3.63) is 17.3 Å². The fourth-order valence-electron chi connectivity index (χ4n) is 4.45. The van der Waals surface area contributed by atoms with Crippen molar-refractivity contribution in [2.24, 2.45) is 11.8 Å². The van der Waals surface area contributed by atoms with Crippen molar-refractivity contribution in [2.75, 3.05) is 31.2 Å². The molecule has 10 heteroatoms. The first-order valence-electron chi connectivity index (χ1n) is 10.9. The van der Waals surface area contributed by atoms with Crippen LogP contribution in [0.2, 0.25) is 0 Å². The zero-order valence-corrected chi connectivity index (χ0v) is 18.2. The van der Waals surface area contributed by atoms with Crippen molar-refractivity contribution in [1.82, 2.24) is 20.3 Å². The molecular formula is C21H32FN5O4. The second-order valence-electron chi connectivity index (χ2n) is 8.50. The second kappa shape index (κ2) is 10.8. The molecule has 31 heavy (non-hydrogen) atoms. The number of anilines is 1. The van der Waals surface area contributed by atoms with Crippen LogP contribution in [0.4, 0.5) is 10.2 Å². The molecule has 0 unspecified atom stereocenters. The number of ether oxygens (including phenoxy) is 1. The van der Waals surface area contributed by atoms with E-state index in [2.05, 4.69) is 15.3 Å². The van der Waals surface area contributed by atoms with Gasteiger partial charge in [-0.3, -0.25) is 14.8 Å². The molecule has 2 N–H and O–H groups in total. The van der Waals surface area contributed by atoms with Crippen molar-refractivity contribution in [2.45, 2.75) is 58.5 Å². The van der Waals surface area contributed by atoms with E-state index in [1.165, 1.54) is 0 Å². The van der Waals surface area contributed by atoms with Crippen LogP contribution >= 0.6 is 0 Å². The highest BCUT2D eigenvalue weighted by Crippen LogP contribution is 2.31. The van der Waals surface area contributed by atoms with Crippen LogP contribution in [0.15, 0.2) is 0 Å². The Labute approximate surface area is 181 Å². The molecule has 3 rings (SSSR count). The first-order valence-corrected chi connectivity index (χ1v) is 10.9. The fourth-order valence-corrected chi connectivity index (χ4v) is 4.45. The van der Waals surface area contributed by atoms with E-state index >= 15 is 4.39 Å². The van der Waals surface area contributed by atoms with Crippen LogP contribution in [0.25, 0.3) is 0 Å². The molecule has 2 amide bonds. The van der Waals surface area contributed by atoms with E-state index in [0.29, 0.717) is 43.0 Å². The average Bonchev–Trinajstić information content (AvgIpc) is 3.27. The summed E-state index contributed by atoms with van der Waals surface area (Å²) in [5.41, 5.74) is 0.116. The molecule has 0 bridgehead atoms. The fraction of sp³-hybridized carbons (Fsp3) is 0.714. The molecule has 2 atom stereocenters.